The van der Waals surface area contributed by atoms with Gasteiger partial charge < -0.3 is 15.3 Å². The Hall–Kier alpha value is -3.70. The van der Waals surface area contributed by atoms with Crippen molar-refractivity contribution in [2.24, 2.45) is 5.92 Å². The topological polar surface area (TPSA) is 139 Å². The van der Waals surface area contributed by atoms with Gasteiger partial charge in [0.2, 0.25) is 0 Å². The monoisotopic (exact) mass is 415 g/mol. The SMILES string of the molecule is CC(C=O)COc1ccc([N+](=O)[O-])cc1.Nc1ccc([N+](=O)[O-])c(C(F)(F)F)c1. The van der Waals surface area contributed by atoms with Crippen LogP contribution < -0.4 is 10.5 Å². The molecule has 2 aromatic carbocycles. The van der Waals surface area contributed by atoms with Gasteiger partial charge in [0.25, 0.3) is 11.4 Å². The number of halogens is 3. The molecule has 29 heavy (non-hydrogen) atoms. The maximum atomic E-state index is 12.2. The first-order valence-corrected chi connectivity index (χ1v) is 7.89. The lowest BCUT2D eigenvalue weighted by Crippen LogP contribution is -2.09. The maximum Gasteiger partial charge on any atom is 0.423 e. The minimum absolute atomic E-state index is 0.0192. The van der Waals surface area contributed by atoms with Crippen LogP contribution in [0.1, 0.15) is 12.5 Å². The summed E-state index contributed by atoms with van der Waals surface area (Å²) in [4.78, 5) is 29.3. The van der Waals surface area contributed by atoms with Crippen LogP contribution in [0.25, 0.3) is 0 Å². The summed E-state index contributed by atoms with van der Waals surface area (Å²) in [5.41, 5.74) is 2.63. The Labute approximate surface area is 162 Å². The highest BCUT2D eigenvalue weighted by atomic mass is 19.4. The van der Waals surface area contributed by atoms with E-state index in [1.54, 1.807) is 6.92 Å². The van der Waals surface area contributed by atoms with Gasteiger partial charge in [0.15, 0.2) is 0 Å². The van der Waals surface area contributed by atoms with Gasteiger partial charge in [0.1, 0.15) is 17.6 Å². The number of nitro benzene ring substituents is 2. The summed E-state index contributed by atoms with van der Waals surface area (Å²) >= 11 is 0. The predicted octanol–water partition coefficient (Wildman–Crippen LogP) is 4.00. The zero-order valence-corrected chi connectivity index (χ0v) is 15.0. The van der Waals surface area contributed by atoms with Gasteiger partial charge in [-0.05, 0) is 24.3 Å². The fourth-order valence-corrected chi connectivity index (χ4v) is 1.87. The molecule has 2 N–H and O–H groups in total. The zero-order valence-electron chi connectivity index (χ0n) is 15.0. The highest BCUT2D eigenvalue weighted by Crippen LogP contribution is 2.36. The van der Waals surface area contributed by atoms with E-state index in [4.69, 9.17) is 10.5 Å². The molecule has 0 radical (unpaired) electrons. The largest absolute Gasteiger partial charge is 0.493 e. The van der Waals surface area contributed by atoms with E-state index in [0.29, 0.717) is 11.8 Å². The summed E-state index contributed by atoms with van der Waals surface area (Å²) in [7, 11) is 0. The van der Waals surface area contributed by atoms with Crippen LogP contribution >= 0.6 is 0 Å². The third kappa shape index (κ3) is 7.44. The molecule has 0 bridgehead atoms. The van der Waals surface area contributed by atoms with Gasteiger partial charge in [-0.1, -0.05) is 6.92 Å². The molecule has 0 heterocycles. The number of ether oxygens (including phenoxy) is 1. The van der Waals surface area contributed by atoms with Crippen molar-refractivity contribution < 1.29 is 32.5 Å². The minimum Gasteiger partial charge on any atom is -0.493 e. The summed E-state index contributed by atoms with van der Waals surface area (Å²) in [6.07, 6.45) is -3.97. The van der Waals surface area contributed by atoms with Crippen molar-refractivity contribution in [2.75, 3.05) is 12.3 Å². The molecule has 1 unspecified atom stereocenters. The number of anilines is 1. The van der Waals surface area contributed by atoms with E-state index in [-0.39, 0.29) is 23.9 Å². The fraction of sp³-hybridized carbons (Fsp3) is 0.235. The van der Waals surface area contributed by atoms with Gasteiger partial charge in [-0.2, -0.15) is 13.2 Å². The van der Waals surface area contributed by atoms with Crippen molar-refractivity contribution in [3.05, 3.63) is 68.3 Å². The van der Waals surface area contributed by atoms with Gasteiger partial charge in [-0.3, -0.25) is 20.2 Å². The van der Waals surface area contributed by atoms with Gasteiger partial charge in [-0.15, -0.1) is 0 Å². The average molecular weight is 415 g/mol. The molecular weight excluding hydrogens is 399 g/mol. The highest BCUT2D eigenvalue weighted by Gasteiger charge is 2.38. The van der Waals surface area contributed by atoms with Crippen molar-refractivity contribution in [3.63, 3.8) is 0 Å². The molecule has 12 heteroatoms. The summed E-state index contributed by atoms with van der Waals surface area (Å²) in [6, 6.07) is 8.07. The number of nitrogens with two attached hydrogens (primary N) is 1. The van der Waals surface area contributed by atoms with Crippen LogP contribution in [0.2, 0.25) is 0 Å². The second-order valence-corrected chi connectivity index (χ2v) is 5.71. The predicted molar refractivity (Wildman–Crippen MR) is 96.3 cm³/mol. The number of nitrogen functional groups attached to an aromatic ring is 1. The van der Waals surface area contributed by atoms with E-state index in [1.165, 1.54) is 24.3 Å². The van der Waals surface area contributed by atoms with Crippen molar-refractivity contribution in [3.8, 4) is 5.75 Å². The molecule has 0 aliphatic carbocycles. The molecule has 0 aromatic heterocycles. The molecular formula is C17H16F3N3O6. The second-order valence-electron chi connectivity index (χ2n) is 5.71. The number of nitro groups is 2. The minimum atomic E-state index is -4.77. The van der Waals surface area contributed by atoms with Crippen molar-refractivity contribution >= 4 is 23.3 Å². The molecule has 0 fully saturated rings. The van der Waals surface area contributed by atoms with E-state index in [0.717, 1.165) is 18.4 Å². The first-order chi connectivity index (χ1) is 13.5. The Bertz CT molecular complexity index is 872. The number of nitrogens with zero attached hydrogens (tertiary/aromatic N) is 2. The number of alkyl halides is 3. The molecule has 0 aliphatic heterocycles. The van der Waals surface area contributed by atoms with E-state index in [9.17, 15) is 38.2 Å². The van der Waals surface area contributed by atoms with Gasteiger partial charge in [-0.25, -0.2) is 0 Å². The molecule has 1 atom stereocenters. The molecule has 0 aliphatic rings. The summed E-state index contributed by atoms with van der Waals surface area (Å²) in [6.45, 7) is 2.01. The van der Waals surface area contributed by atoms with Crippen molar-refractivity contribution in [1.29, 1.82) is 0 Å². The third-order valence-corrected chi connectivity index (χ3v) is 3.32. The second kappa shape index (κ2) is 10.0. The zero-order chi connectivity index (χ0) is 22.2. The first kappa shape index (κ1) is 23.3. The summed E-state index contributed by atoms with van der Waals surface area (Å²) < 4.78 is 41.9. The lowest BCUT2D eigenvalue weighted by Gasteiger charge is -2.07. The summed E-state index contributed by atoms with van der Waals surface area (Å²) in [5.74, 6) is 0.342. The van der Waals surface area contributed by atoms with E-state index < -0.39 is 27.3 Å². The number of carbonyl (C=O) groups is 1. The van der Waals surface area contributed by atoms with Crippen LogP contribution in [-0.2, 0) is 11.0 Å². The Morgan fingerprint density at radius 1 is 1.10 bits per heavy atom. The molecule has 2 rings (SSSR count). The van der Waals surface area contributed by atoms with Crippen molar-refractivity contribution in [1.82, 2.24) is 0 Å². The number of rotatable bonds is 6. The van der Waals surface area contributed by atoms with E-state index >= 15 is 0 Å². The van der Waals surface area contributed by atoms with Crippen molar-refractivity contribution in [2.45, 2.75) is 13.1 Å². The van der Waals surface area contributed by atoms with Crippen LogP contribution in [0.5, 0.6) is 5.75 Å². The molecule has 9 nitrogen and oxygen atoms in total. The lowest BCUT2D eigenvalue weighted by molar-refractivity contribution is -0.388. The van der Waals surface area contributed by atoms with Crippen LogP contribution in [0, 0.1) is 26.1 Å². The molecule has 156 valence electrons. The number of carbonyl (C=O) groups excluding carboxylic acids is 1. The Kier molecular flexibility index (Phi) is 8.06. The highest BCUT2D eigenvalue weighted by molar-refractivity contribution is 5.53. The third-order valence-electron chi connectivity index (χ3n) is 3.32. The lowest BCUT2D eigenvalue weighted by atomic mass is 10.1. The molecule has 0 saturated heterocycles. The Morgan fingerprint density at radius 2 is 1.69 bits per heavy atom. The standard InChI is InChI=1S/C10H11NO4.C7H5F3N2O2/c1-8(6-12)7-15-10-4-2-9(3-5-10)11(13)14;8-7(9,10)5-3-4(11)1-2-6(5)12(13)14/h2-6,8H,7H2,1H3;1-3H,11H2. The van der Waals surface area contributed by atoms with Crippen LogP contribution in [0.15, 0.2) is 42.5 Å². The maximum absolute atomic E-state index is 12.2. The smallest absolute Gasteiger partial charge is 0.423 e. The molecule has 0 saturated carbocycles. The number of aldehydes is 1. The average Bonchev–Trinajstić information content (AvgIpc) is 2.65. The van der Waals surface area contributed by atoms with Gasteiger partial charge in [0.05, 0.1) is 16.5 Å². The molecule has 0 spiro atoms. The van der Waals surface area contributed by atoms with Crippen LogP contribution in [-0.4, -0.2) is 22.7 Å². The quantitative estimate of drug-likeness (QED) is 0.325. The Morgan fingerprint density at radius 3 is 2.14 bits per heavy atom. The van der Waals surface area contributed by atoms with E-state index in [1.807, 2.05) is 0 Å². The van der Waals surface area contributed by atoms with Gasteiger partial charge >= 0.3 is 6.18 Å². The fourth-order valence-electron chi connectivity index (χ4n) is 1.87. The number of hydrogen-bond donors (Lipinski definition) is 1. The number of benzene rings is 2. The number of non-ortho nitro benzene ring substituents is 1. The normalized spacial score (nSPS) is 11.6. The number of hydrogen-bond acceptors (Lipinski definition) is 7. The van der Waals surface area contributed by atoms with Crippen LogP contribution in [0.3, 0.4) is 0 Å². The van der Waals surface area contributed by atoms with E-state index in [2.05, 4.69) is 0 Å². The molecule has 0 amide bonds. The van der Waals surface area contributed by atoms with Crippen LogP contribution in [0.4, 0.5) is 30.2 Å². The Balaban J connectivity index is 0.000000291. The molecule has 2 aromatic rings. The van der Waals surface area contributed by atoms with Gasteiger partial charge in [0, 0.05) is 29.8 Å². The first-order valence-electron chi connectivity index (χ1n) is 7.89. The summed E-state index contributed by atoms with van der Waals surface area (Å²) in [5, 5.41) is 20.6.